The van der Waals surface area contributed by atoms with E-state index < -0.39 is 0 Å². The van der Waals surface area contributed by atoms with E-state index >= 15 is 0 Å². The Kier molecular flexibility index (Phi) is 5.44. The Morgan fingerprint density at radius 1 is 0.850 bits per heavy atom. The Morgan fingerprint density at radius 3 is 2.00 bits per heavy atom. The van der Waals surface area contributed by atoms with Gasteiger partial charge in [0.2, 0.25) is 0 Å². The summed E-state index contributed by atoms with van der Waals surface area (Å²) in [4.78, 5) is 0. The number of ether oxygens (including phenoxy) is 2. The van der Waals surface area contributed by atoms with Crippen molar-refractivity contribution >= 4 is 0 Å². The van der Waals surface area contributed by atoms with Gasteiger partial charge in [-0.1, -0.05) is 24.6 Å². The zero-order valence-corrected chi connectivity index (χ0v) is 12.1. The van der Waals surface area contributed by atoms with Gasteiger partial charge in [0.25, 0.3) is 0 Å². The van der Waals surface area contributed by atoms with E-state index in [0.717, 1.165) is 30.3 Å². The molecule has 0 radical (unpaired) electrons. The van der Waals surface area contributed by atoms with Crippen LogP contribution in [0.25, 0.3) is 0 Å². The summed E-state index contributed by atoms with van der Waals surface area (Å²) in [5, 5.41) is 3.22. The van der Waals surface area contributed by atoms with Gasteiger partial charge in [0.05, 0.1) is 0 Å². The zero-order chi connectivity index (χ0) is 14.2. The van der Waals surface area contributed by atoms with Crippen molar-refractivity contribution in [3.63, 3.8) is 0 Å². The highest BCUT2D eigenvalue weighted by molar-refractivity contribution is 5.36. The molecule has 106 valence electrons. The van der Waals surface area contributed by atoms with E-state index in [4.69, 9.17) is 9.47 Å². The van der Waals surface area contributed by atoms with Crippen LogP contribution >= 0.6 is 0 Å². The molecule has 0 aromatic heterocycles. The maximum atomic E-state index is 5.76. The molecule has 0 atom stereocenters. The number of hydrogen-bond donors (Lipinski definition) is 1. The van der Waals surface area contributed by atoms with Crippen LogP contribution in [0.2, 0.25) is 0 Å². The van der Waals surface area contributed by atoms with Gasteiger partial charge in [-0.15, -0.1) is 0 Å². The third-order valence-electron chi connectivity index (χ3n) is 2.88. The number of nitrogens with one attached hydrogen (secondary N) is 1. The largest absolute Gasteiger partial charge is 0.492 e. The lowest BCUT2D eigenvalue weighted by molar-refractivity contribution is 0.315. The smallest absolute Gasteiger partial charge is 0.127 e. The number of likely N-dealkylation sites (N-methyl/N-ethyl adjacent to an activating group) is 1. The van der Waals surface area contributed by atoms with Gasteiger partial charge in [0.1, 0.15) is 23.9 Å². The van der Waals surface area contributed by atoms with Gasteiger partial charge in [0.15, 0.2) is 0 Å². The van der Waals surface area contributed by atoms with Crippen LogP contribution in [0.1, 0.15) is 12.5 Å². The van der Waals surface area contributed by atoms with E-state index in [-0.39, 0.29) is 0 Å². The molecular formula is C17H21NO2. The highest BCUT2D eigenvalue weighted by Crippen LogP contribution is 2.23. The molecule has 0 saturated carbocycles. The summed E-state index contributed by atoms with van der Waals surface area (Å²) in [7, 11) is 0. The molecule has 0 saturated heterocycles. The first-order chi connectivity index (χ1) is 9.78. The standard InChI is InChI=1S/C17H21NO2/c1-3-18-12-13-19-15-8-10-17(11-9-15)20-16-6-4-14(2)5-7-16/h4-11,18H,3,12-13H2,1-2H3. The molecule has 0 amide bonds. The van der Waals surface area contributed by atoms with Crippen molar-refractivity contribution in [2.24, 2.45) is 0 Å². The fourth-order valence-electron chi connectivity index (χ4n) is 1.76. The molecule has 1 N–H and O–H groups in total. The highest BCUT2D eigenvalue weighted by atomic mass is 16.5. The molecule has 2 aromatic rings. The molecular weight excluding hydrogens is 250 g/mol. The van der Waals surface area contributed by atoms with E-state index in [1.807, 2.05) is 48.5 Å². The third kappa shape index (κ3) is 4.59. The van der Waals surface area contributed by atoms with E-state index in [1.54, 1.807) is 0 Å². The van der Waals surface area contributed by atoms with Crippen LogP contribution in [0.15, 0.2) is 48.5 Å². The van der Waals surface area contributed by atoms with Crippen molar-refractivity contribution in [2.75, 3.05) is 19.7 Å². The predicted octanol–water partition coefficient (Wildman–Crippen LogP) is 3.78. The summed E-state index contributed by atoms with van der Waals surface area (Å²) < 4.78 is 11.4. The molecule has 0 aliphatic rings. The fourth-order valence-corrected chi connectivity index (χ4v) is 1.76. The van der Waals surface area contributed by atoms with Crippen LogP contribution < -0.4 is 14.8 Å². The molecule has 0 aliphatic carbocycles. The minimum atomic E-state index is 0.673. The molecule has 0 bridgehead atoms. The van der Waals surface area contributed by atoms with Gasteiger partial charge in [-0.3, -0.25) is 0 Å². The molecule has 3 nitrogen and oxygen atoms in total. The number of benzene rings is 2. The van der Waals surface area contributed by atoms with Crippen LogP contribution in [-0.2, 0) is 0 Å². The second-order valence-electron chi connectivity index (χ2n) is 4.59. The monoisotopic (exact) mass is 271 g/mol. The normalized spacial score (nSPS) is 10.3. The second kappa shape index (κ2) is 7.56. The Bertz CT molecular complexity index is 506. The predicted molar refractivity (Wildman–Crippen MR) is 81.7 cm³/mol. The van der Waals surface area contributed by atoms with E-state index in [1.165, 1.54) is 5.56 Å². The summed E-state index contributed by atoms with van der Waals surface area (Å²) in [6, 6.07) is 15.7. The summed E-state index contributed by atoms with van der Waals surface area (Å²) in [5.41, 5.74) is 1.22. The van der Waals surface area contributed by atoms with E-state index in [2.05, 4.69) is 19.2 Å². The van der Waals surface area contributed by atoms with Gasteiger partial charge < -0.3 is 14.8 Å². The minimum Gasteiger partial charge on any atom is -0.492 e. The lowest BCUT2D eigenvalue weighted by atomic mass is 10.2. The van der Waals surface area contributed by atoms with Crippen LogP contribution in [-0.4, -0.2) is 19.7 Å². The van der Waals surface area contributed by atoms with E-state index in [9.17, 15) is 0 Å². The quantitative estimate of drug-likeness (QED) is 0.777. The lowest BCUT2D eigenvalue weighted by Gasteiger charge is -2.09. The maximum Gasteiger partial charge on any atom is 0.127 e. The second-order valence-corrected chi connectivity index (χ2v) is 4.59. The first-order valence-corrected chi connectivity index (χ1v) is 6.96. The zero-order valence-electron chi connectivity index (χ0n) is 12.1. The van der Waals surface area contributed by atoms with Crippen molar-refractivity contribution in [2.45, 2.75) is 13.8 Å². The average molecular weight is 271 g/mol. The van der Waals surface area contributed by atoms with Gasteiger partial charge in [0, 0.05) is 6.54 Å². The molecule has 0 unspecified atom stereocenters. The van der Waals surface area contributed by atoms with E-state index in [0.29, 0.717) is 6.61 Å². The van der Waals surface area contributed by atoms with Crippen molar-refractivity contribution in [3.05, 3.63) is 54.1 Å². The van der Waals surface area contributed by atoms with Crippen LogP contribution in [0.3, 0.4) is 0 Å². The molecule has 2 aromatic carbocycles. The fraction of sp³-hybridized carbons (Fsp3) is 0.294. The molecule has 0 aliphatic heterocycles. The first kappa shape index (κ1) is 14.4. The number of rotatable bonds is 7. The molecule has 0 spiro atoms. The van der Waals surface area contributed by atoms with Gasteiger partial charge in [-0.2, -0.15) is 0 Å². The molecule has 0 fully saturated rings. The number of aryl methyl sites for hydroxylation is 1. The van der Waals surface area contributed by atoms with Crippen molar-refractivity contribution in [1.29, 1.82) is 0 Å². The summed E-state index contributed by atoms with van der Waals surface area (Å²) in [6.07, 6.45) is 0. The molecule has 20 heavy (non-hydrogen) atoms. The molecule has 3 heteroatoms. The SMILES string of the molecule is CCNCCOc1ccc(Oc2ccc(C)cc2)cc1. The average Bonchev–Trinajstić information content (AvgIpc) is 2.48. The van der Waals surface area contributed by atoms with Gasteiger partial charge >= 0.3 is 0 Å². The highest BCUT2D eigenvalue weighted by Gasteiger charge is 1.98. The maximum absolute atomic E-state index is 5.76. The minimum absolute atomic E-state index is 0.673. The molecule has 0 heterocycles. The Balaban J connectivity index is 1.86. The van der Waals surface area contributed by atoms with Gasteiger partial charge in [-0.25, -0.2) is 0 Å². The Labute approximate surface area is 120 Å². The lowest BCUT2D eigenvalue weighted by Crippen LogP contribution is -2.20. The van der Waals surface area contributed by atoms with Gasteiger partial charge in [-0.05, 0) is 49.9 Å². The van der Waals surface area contributed by atoms with Crippen molar-refractivity contribution in [1.82, 2.24) is 5.32 Å². The number of hydrogen-bond acceptors (Lipinski definition) is 3. The Hall–Kier alpha value is -2.00. The summed E-state index contributed by atoms with van der Waals surface area (Å²) in [6.45, 7) is 6.64. The van der Waals surface area contributed by atoms with Crippen molar-refractivity contribution < 1.29 is 9.47 Å². The van der Waals surface area contributed by atoms with Crippen LogP contribution in [0.5, 0.6) is 17.2 Å². The molecule has 2 rings (SSSR count). The van der Waals surface area contributed by atoms with Crippen molar-refractivity contribution in [3.8, 4) is 17.2 Å². The third-order valence-corrected chi connectivity index (χ3v) is 2.88. The topological polar surface area (TPSA) is 30.5 Å². The van der Waals surface area contributed by atoms with Crippen LogP contribution in [0, 0.1) is 6.92 Å². The van der Waals surface area contributed by atoms with Crippen LogP contribution in [0.4, 0.5) is 0 Å². The summed E-state index contributed by atoms with van der Waals surface area (Å²) >= 11 is 0. The summed E-state index contributed by atoms with van der Waals surface area (Å²) in [5.74, 6) is 2.52. The Morgan fingerprint density at radius 2 is 1.40 bits per heavy atom. The first-order valence-electron chi connectivity index (χ1n) is 6.96.